The molecule has 1 aliphatic rings. The molecule has 0 saturated heterocycles. The quantitative estimate of drug-likeness (QED) is 0.801. The largest absolute Gasteiger partial charge is 0.366 e. The number of aliphatic imine (C=N–C) groups is 1. The first-order chi connectivity index (χ1) is 7.79. The minimum atomic E-state index is -0.237. The van der Waals surface area contributed by atoms with Crippen molar-refractivity contribution in [3.63, 3.8) is 0 Å². The number of nitrogens with zero attached hydrogens (tertiary/aromatic N) is 3. The molecule has 2 heterocycles. The average Bonchev–Trinajstić information content (AvgIpc) is 2.78. The second kappa shape index (κ2) is 5.02. The Morgan fingerprint density at radius 3 is 3.06 bits per heavy atom. The third kappa shape index (κ3) is 2.54. The molecule has 2 rings (SSSR count). The number of hydrogen-bond acceptors (Lipinski definition) is 6. The minimum Gasteiger partial charge on any atom is -0.366 e. The van der Waals surface area contributed by atoms with Crippen LogP contribution in [0.15, 0.2) is 4.99 Å². The molecule has 6 nitrogen and oxygen atoms in total. The van der Waals surface area contributed by atoms with E-state index in [1.807, 2.05) is 6.92 Å². The Bertz CT molecular complexity index is 414. The Kier molecular flexibility index (Phi) is 3.45. The van der Waals surface area contributed by atoms with Gasteiger partial charge in [-0.15, -0.1) is 10.2 Å². The molecule has 1 amide bonds. The van der Waals surface area contributed by atoms with E-state index in [9.17, 15) is 4.79 Å². The Labute approximate surface area is 97.2 Å². The van der Waals surface area contributed by atoms with E-state index in [-0.39, 0.29) is 5.91 Å². The molecule has 1 aromatic rings. The number of rotatable bonds is 3. The van der Waals surface area contributed by atoms with Gasteiger partial charge in [-0.25, -0.2) is 0 Å². The predicted molar refractivity (Wildman–Crippen MR) is 62.8 cm³/mol. The van der Waals surface area contributed by atoms with Crippen LogP contribution < -0.4 is 10.6 Å². The summed E-state index contributed by atoms with van der Waals surface area (Å²) in [7, 11) is 0. The molecule has 0 saturated carbocycles. The first kappa shape index (κ1) is 11.0. The summed E-state index contributed by atoms with van der Waals surface area (Å²) in [5, 5.41) is 14.9. The molecule has 1 aliphatic heterocycles. The molecule has 0 unspecified atom stereocenters. The maximum atomic E-state index is 11.7. The lowest BCUT2D eigenvalue weighted by atomic mass is 10.3. The predicted octanol–water partition coefficient (Wildman–Crippen LogP) is 0.431. The zero-order valence-electron chi connectivity index (χ0n) is 8.99. The lowest BCUT2D eigenvalue weighted by Crippen LogP contribution is -2.39. The Hall–Kier alpha value is -1.50. The molecule has 0 fully saturated rings. The highest BCUT2D eigenvalue weighted by Crippen LogP contribution is 2.15. The summed E-state index contributed by atoms with van der Waals surface area (Å²) in [5.41, 5.74) is 0. The summed E-state index contributed by atoms with van der Waals surface area (Å²) in [4.78, 5) is 15.8. The van der Waals surface area contributed by atoms with E-state index >= 15 is 0 Å². The highest BCUT2D eigenvalue weighted by molar-refractivity contribution is 7.15. The van der Waals surface area contributed by atoms with Crippen LogP contribution in [0.25, 0.3) is 0 Å². The molecule has 16 heavy (non-hydrogen) atoms. The Morgan fingerprint density at radius 1 is 1.56 bits per heavy atom. The van der Waals surface area contributed by atoms with Crippen molar-refractivity contribution < 1.29 is 4.79 Å². The van der Waals surface area contributed by atoms with Crippen LogP contribution in [-0.4, -0.2) is 35.0 Å². The Morgan fingerprint density at radius 2 is 2.44 bits per heavy atom. The Balaban J connectivity index is 1.98. The number of hydrogen-bond donors (Lipinski definition) is 2. The molecule has 0 aromatic carbocycles. The van der Waals surface area contributed by atoms with Crippen molar-refractivity contribution >= 4 is 28.2 Å². The highest BCUT2D eigenvalue weighted by atomic mass is 32.1. The van der Waals surface area contributed by atoms with Crippen molar-refractivity contribution in [3.05, 3.63) is 5.01 Å². The zero-order chi connectivity index (χ0) is 11.4. The number of aromatic nitrogens is 2. The highest BCUT2D eigenvalue weighted by Gasteiger charge is 2.15. The van der Waals surface area contributed by atoms with E-state index in [2.05, 4.69) is 25.8 Å². The van der Waals surface area contributed by atoms with Crippen molar-refractivity contribution in [3.8, 4) is 0 Å². The molecule has 0 bridgehead atoms. The van der Waals surface area contributed by atoms with Gasteiger partial charge in [0, 0.05) is 13.1 Å². The number of nitrogens with one attached hydrogen (secondary N) is 2. The topological polar surface area (TPSA) is 79.3 Å². The van der Waals surface area contributed by atoms with Gasteiger partial charge in [0.1, 0.15) is 5.01 Å². The van der Waals surface area contributed by atoms with Crippen LogP contribution in [0.2, 0.25) is 0 Å². The van der Waals surface area contributed by atoms with Crippen molar-refractivity contribution in [2.45, 2.75) is 19.8 Å². The second-order valence-electron chi connectivity index (χ2n) is 3.32. The number of anilines is 1. The van der Waals surface area contributed by atoms with Crippen LogP contribution in [0, 0.1) is 0 Å². The molecule has 0 atom stereocenters. The summed E-state index contributed by atoms with van der Waals surface area (Å²) < 4.78 is 0. The molecular formula is C9H13N5OS. The number of aryl methyl sites for hydroxylation is 1. The fraction of sp³-hybridized carbons (Fsp3) is 0.556. The van der Waals surface area contributed by atoms with E-state index in [4.69, 9.17) is 0 Å². The first-order valence-electron chi connectivity index (χ1n) is 5.21. The van der Waals surface area contributed by atoms with Crippen LogP contribution in [0.4, 0.5) is 5.13 Å². The third-order valence-corrected chi connectivity index (χ3v) is 3.09. The van der Waals surface area contributed by atoms with E-state index < -0.39 is 0 Å². The average molecular weight is 239 g/mol. The van der Waals surface area contributed by atoms with Crippen molar-refractivity contribution in [1.82, 2.24) is 15.5 Å². The van der Waals surface area contributed by atoms with Gasteiger partial charge in [-0.1, -0.05) is 18.3 Å². The van der Waals surface area contributed by atoms with Gasteiger partial charge in [0.15, 0.2) is 5.84 Å². The molecule has 2 N–H and O–H groups in total. The van der Waals surface area contributed by atoms with Gasteiger partial charge >= 0.3 is 0 Å². The number of carbonyl (C=O) groups is 1. The maximum absolute atomic E-state index is 11.7. The van der Waals surface area contributed by atoms with E-state index in [0.717, 1.165) is 24.4 Å². The first-order valence-corrected chi connectivity index (χ1v) is 6.03. The molecule has 0 aliphatic carbocycles. The van der Waals surface area contributed by atoms with E-state index in [1.165, 1.54) is 11.3 Å². The van der Waals surface area contributed by atoms with Gasteiger partial charge in [0.2, 0.25) is 5.13 Å². The van der Waals surface area contributed by atoms with Gasteiger partial charge in [-0.2, -0.15) is 0 Å². The minimum absolute atomic E-state index is 0.237. The fourth-order valence-electron chi connectivity index (χ4n) is 1.29. The summed E-state index contributed by atoms with van der Waals surface area (Å²) in [6, 6.07) is 0. The lowest BCUT2D eigenvalue weighted by Gasteiger charge is -2.12. The summed E-state index contributed by atoms with van der Waals surface area (Å²) in [6.45, 7) is 3.49. The molecule has 1 aromatic heterocycles. The standard InChI is InChI=1S/C9H13N5OS/c1-2-6-13-14-9(16-6)12-8(15)7-10-4-3-5-11-7/h2-5H2,1H3,(H,10,11)(H,12,14,15). The van der Waals surface area contributed by atoms with Crippen LogP contribution in [0.1, 0.15) is 18.4 Å². The summed E-state index contributed by atoms with van der Waals surface area (Å²) >= 11 is 1.39. The molecule has 7 heteroatoms. The number of amidine groups is 1. The lowest BCUT2D eigenvalue weighted by molar-refractivity contribution is -0.110. The fourth-order valence-corrected chi connectivity index (χ4v) is 1.96. The molecule has 0 radical (unpaired) electrons. The molecule has 0 spiro atoms. The zero-order valence-corrected chi connectivity index (χ0v) is 9.80. The van der Waals surface area contributed by atoms with E-state index in [1.54, 1.807) is 0 Å². The van der Waals surface area contributed by atoms with Gasteiger partial charge in [0.05, 0.1) is 0 Å². The SMILES string of the molecule is CCc1nnc(NC(=O)C2=NCCCN2)s1. The van der Waals surface area contributed by atoms with Crippen LogP contribution >= 0.6 is 11.3 Å². The number of carbonyl (C=O) groups excluding carboxylic acids is 1. The van der Waals surface area contributed by atoms with Gasteiger partial charge in [-0.05, 0) is 12.8 Å². The third-order valence-electron chi connectivity index (χ3n) is 2.10. The number of amides is 1. The van der Waals surface area contributed by atoms with Crippen LogP contribution in [0.5, 0.6) is 0 Å². The maximum Gasteiger partial charge on any atom is 0.292 e. The molecular weight excluding hydrogens is 226 g/mol. The smallest absolute Gasteiger partial charge is 0.292 e. The normalized spacial score (nSPS) is 15.2. The van der Waals surface area contributed by atoms with Crippen molar-refractivity contribution in [2.75, 3.05) is 18.4 Å². The monoisotopic (exact) mass is 239 g/mol. The van der Waals surface area contributed by atoms with Gasteiger partial charge in [0.25, 0.3) is 5.91 Å². The van der Waals surface area contributed by atoms with E-state index in [0.29, 0.717) is 17.5 Å². The van der Waals surface area contributed by atoms with Crippen molar-refractivity contribution in [2.24, 2.45) is 4.99 Å². The summed E-state index contributed by atoms with van der Waals surface area (Å²) in [5.74, 6) is 0.151. The second-order valence-corrected chi connectivity index (χ2v) is 4.38. The summed E-state index contributed by atoms with van der Waals surface area (Å²) in [6.07, 6.45) is 1.79. The molecule has 86 valence electrons. The van der Waals surface area contributed by atoms with Crippen LogP contribution in [0.3, 0.4) is 0 Å². The van der Waals surface area contributed by atoms with Crippen LogP contribution in [-0.2, 0) is 11.2 Å². The van der Waals surface area contributed by atoms with Crippen molar-refractivity contribution in [1.29, 1.82) is 0 Å². The van der Waals surface area contributed by atoms with Gasteiger partial charge in [-0.3, -0.25) is 15.1 Å². The van der Waals surface area contributed by atoms with Gasteiger partial charge < -0.3 is 5.32 Å².